The molecule has 1 fully saturated rings. The summed E-state index contributed by atoms with van der Waals surface area (Å²) < 4.78 is 1.72. The number of amides is 2. The molecule has 0 unspecified atom stereocenters. The van der Waals surface area contributed by atoms with Crippen molar-refractivity contribution in [1.29, 1.82) is 0 Å². The van der Waals surface area contributed by atoms with E-state index in [4.69, 9.17) is 0 Å². The number of pyridine rings is 1. The molecule has 0 spiro atoms. The van der Waals surface area contributed by atoms with E-state index >= 15 is 0 Å². The number of nitrogens with one attached hydrogen (secondary N) is 1. The molecule has 5 nitrogen and oxygen atoms in total. The molecule has 1 saturated heterocycles. The maximum atomic E-state index is 13.0. The Morgan fingerprint density at radius 1 is 0.812 bits per heavy atom. The van der Waals surface area contributed by atoms with Crippen LogP contribution in [-0.4, -0.2) is 15.7 Å². The van der Waals surface area contributed by atoms with Crippen LogP contribution in [0, 0.1) is 0 Å². The Morgan fingerprint density at radius 3 is 2.22 bits per heavy atom. The second-order valence-electron chi connectivity index (χ2n) is 7.46. The lowest BCUT2D eigenvalue weighted by molar-refractivity contribution is -0.115. The van der Waals surface area contributed by atoms with Crippen LogP contribution in [0.3, 0.4) is 0 Å². The number of carbonyl (C=O) groups is 2. The number of para-hydroxylation sites is 1. The summed E-state index contributed by atoms with van der Waals surface area (Å²) in [6.45, 7) is 0.430. The standard InChI is InChI=1S/C26H18N2O3S/c29-24-15-20(14-23-25(30)27-26(31)32-23)21-8-4-5-9-22(21)28(24)16-17-10-12-19(13-11-17)18-6-2-1-3-7-18/h1-15H,16H2,(H,27,30,31)/b23-14-. The molecule has 0 bridgehead atoms. The van der Waals surface area contributed by atoms with Crippen LogP contribution in [-0.2, 0) is 11.3 Å². The number of rotatable bonds is 4. The Bertz CT molecular complexity index is 1440. The van der Waals surface area contributed by atoms with Crippen LogP contribution in [0.15, 0.2) is 94.6 Å². The third-order valence-electron chi connectivity index (χ3n) is 5.38. The molecule has 1 aromatic heterocycles. The topological polar surface area (TPSA) is 68.2 Å². The van der Waals surface area contributed by atoms with Crippen LogP contribution in [0.25, 0.3) is 28.1 Å². The molecule has 1 aliphatic rings. The van der Waals surface area contributed by atoms with Crippen molar-refractivity contribution in [3.05, 3.63) is 111 Å². The van der Waals surface area contributed by atoms with Crippen molar-refractivity contribution >= 4 is 39.9 Å². The summed E-state index contributed by atoms with van der Waals surface area (Å²) >= 11 is 0.842. The molecule has 0 aliphatic carbocycles. The molecule has 32 heavy (non-hydrogen) atoms. The van der Waals surface area contributed by atoms with Gasteiger partial charge in [-0.15, -0.1) is 0 Å². The number of nitrogens with zero attached hydrogens (tertiary/aromatic N) is 1. The Morgan fingerprint density at radius 2 is 1.50 bits per heavy atom. The summed E-state index contributed by atoms with van der Waals surface area (Å²) in [4.78, 5) is 36.7. The number of carbonyl (C=O) groups excluding carboxylic acids is 2. The molecule has 1 aliphatic heterocycles. The average molecular weight is 439 g/mol. The van der Waals surface area contributed by atoms with Gasteiger partial charge >= 0.3 is 0 Å². The molecule has 2 heterocycles. The lowest BCUT2D eigenvalue weighted by atomic mass is 10.0. The van der Waals surface area contributed by atoms with Crippen molar-refractivity contribution in [2.45, 2.75) is 6.54 Å². The zero-order valence-corrected chi connectivity index (χ0v) is 17.8. The van der Waals surface area contributed by atoms with Crippen molar-refractivity contribution in [2.24, 2.45) is 0 Å². The summed E-state index contributed by atoms with van der Waals surface area (Å²) in [5.41, 5.74) is 4.50. The zero-order valence-electron chi connectivity index (χ0n) is 16.9. The van der Waals surface area contributed by atoms with Gasteiger partial charge in [0.25, 0.3) is 16.7 Å². The molecule has 5 rings (SSSR count). The van der Waals surface area contributed by atoms with Gasteiger partial charge in [0.15, 0.2) is 0 Å². The van der Waals surface area contributed by atoms with Crippen molar-refractivity contribution in [3.63, 3.8) is 0 Å². The molecule has 3 aromatic carbocycles. The first-order valence-corrected chi connectivity index (χ1v) is 10.9. The fourth-order valence-corrected chi connectivity index (χ4v) is 4.49. The van der Waals surface area contributed by atoms with Gasteiger partial charge in [0.2, 0.25) is 0 Å². The molecule has 156 valence electrons. The van der Waals surface area contributed by atoms with Gasteiger partial charge in [-0.05, 0) is 46.2 Å². The van der Waals surface area contributed by atoms with Crippen molar-refractivity contribution in [1.82, 2.24) is 9.88 Å². The molecule has 1 N–H and O–H groups in total. The quantitative estimate of drug-likeness (QED) is 0.453. The third kappa shape index (κ3) is 3.88. The van der Waals surface area contributed by atoms with E-state index in [2.05, 4.69) is 29.6 Å². The van der Waals surface area contributed by atoms with Gasteiger partial charge in [-0.2, -0.15) is 0 Å². The van der Waals surface area contributed by atoms with Crippen LogP contribution in [0.1, 0.15) is 11.1 Å². The molecule has 6 heteroatoms. The normalized spacial score (nSPS) is 14.8. The van der Waals surface area contributed by atoms with E-state index in [1.807, 2.05) is 54.6 Å². The van der Waals surface area contributed by atoms with E-state index in [0.29, 0.717) is 12.1 Å². The van der Waals surface area contributed by atoms with E-state index < -0.39 is 11.1 Å². The average Bonchev–Trinajstić information content (AvgIpc) is 3.14. The molecule has 2 amide bonds. The molecular weight excluding hydrogens is 420 g/mol. The number of benzene rings is 3. The zero-order chi connectivity index (χ0) is 22.1. The lowest BCUT2D eigenvalue weighted by Crippen LogP contribution is -2.21. The van der Waals surface area contributed by atoms with Gasteiger partial charge in [0, 0.05) is 11.5 Å². The van der Waals surface area contributed by atoms with E-state index in [-0.39, 0.29) is 10.5 Å². The molecule has 0 saturated carbocycles. The molecule has 4 aromatic rings. The van der Waals surface area contributed by atoms with Gasteiger partial charge in [-0.25, -0.2) is 0 Å². The van der Waals surface area contributed by atoms with Crippen molar-refractivity contribution < 1.29 is 9.59 Å². The Kier molecular flexibility index (Phi) is 5.21. The minimum Gasteiger partial charge on any atom is -0.304 e. The number of hydrogen-bond acceptors (Lipinski definition) is 4. The maximum absolute atomic E-state index is 13.0. The predicted molar refractivity (Wildman–Crippen MR) is 128 cm³/mol. The van der Waals surface area contributed by atoms with Gasteiger partial charge < -0.3 is 4.57 Å². The fraction of sp³-hybridized carbons (Fsp3) is 0.0385. The highest BCUT2D eigenvalue weighted by molar-refractivity contribution is 8.18. The minimum absolute atomic E-state index is 0.169. The highest BCUT2D eigenvalue weighted by atomic mass is 32.2. The second kappa shape index (κ2) is 8.32. The first-order chi connectivity index (χ1) is 15.6. The summed E-state index contributed by atoms with van der Waals surface area (Å²) in [6, 6.07) is 27.4. The van der Waals surface area contributed by atoms with Crippen LogP contribution in [0.4, 0.5) is 4.79 Å². The minimum atomic E-state index is -0.438. The van der Waals surface area contributed by atoms with E-state index in [0.717, 1.165) is 39.4 Å². The van der Waals surface area contributed by atoms with Gasteiger partial charge in [0.05, 0.1) is 17.0 Å². The smallest absolute Gasteiger partial charge is 0.290 e. The monoisotopic (exact) mass is 438 g/mol. The van der Waals surface area contributed by atoms with E-state index in [9.17, 15) is 14.4 Å². The van der Waals surface area contributed by atoms with Crippen LogP contribution in [0.5, 0.6) is 0 Å². The Balaban J connectivity index is 1.52. The summed E-state index contributed by atoms with van der Waals surface area (Å²) in [5, 5.41) is 2.68. The maximum Gasteiger partial charge on any atom is 0.290 e. The number of hydrogen-bond donors (Lipinski definition) is 1. The largest absolute Gasteiger partial charge is 0.304 e. The number of aromatic nitrogens is 1. The molecule has 0 atom stereocenters. The number of thioether (sulfide) groups is 1. The van der Waals surface area contributed by atoms with E-state index in [1.54, 1.807) is 10.6 Å². The summed E-state index contributed by atoms with van der Waals surface area (Å²) in [6.07, 6.45) is 1.60. The summed E-state index contributed by atoms with van der Waals surface area (Å²) in [5.74, 6) is -0.438. The Hall–Kier alpha value is -3.90. The first kappa shape index (κ1) is 20.0. The van der Waals surface area contributed by atoms with Crippen molar-refractivity contribution in [2.75, 3.05) is 0 Å². The molecule has 0 radical (unpaired) electrons. The predicted octanol–water partition coefficient (Wildman–Crippen LogP) is 5.04. The highest BCUT2D eigenvalue weighted by Gasteiger charge is 2.25. The van der Waals surface area contributed by atoms with Gasteiger partial charge in [0.1, 0.15) is 0 Å². The first-order valence-electron chi connectivity index (χ1n) is 10.1. The SMILES string of the molecule is O=C1NC(=O)/C(=C/c2cc(=O)n(Cc3ccc(-c4ccccc4)cc3)c3ccccc23)S1. The highest BCUT2D eigenvalue weighted by Crippen LogP contribution is 2.28. The van der Waals surface area contributed by atoms with Gasteiger partial charge in [-0.1, -0.05) is 72.8 Å². The van der Waals surface area contributed by atoms with E-state index in [1.165, 1.54) is 6.07 Å². The fourth-order valence-electron chi connectivity index (χ4n) is 3.82. The lowest BCUT2D eigenvalue weighted by Gasteiger charge is -2.13. The van der Waals surface area contributed by atoms with Gasteiger partial charge in [-0.3, -0.25) is 19.7 Å². The van der Waals surface area contributed by atoms with Crippen LogP contribution < -0.4 is 10.9 Å². The Labute approximate surface area is 188 Å². The second-order valence-corrected chi connectivity index (χ2v) is 8.47. The summed E-state index contributed by atoms with van der Waals surface area (Å²) in [7, 11) is 0. The number of fused-ring (bicyclic) bond motifs is 1. The van der Waals surface area contributed by atoms with Crippen LogP contribution >= 0.6 is 11.8 Å². The third-order valence-corrected chi connectivity index (χ3v) is 6.19. The van der Waals surface area contributed by atoms with Crippen molar-refractivity contribution in [3.8, 4) is 11.1 Å². The van der Waals surface area contributed by atoms with Crippen LogP contribution in [0.2, 0.25) is 0 Å². The molecular formula is C26H18N2O3S. The number of imide groups is 1.